The molecule has 0 saturated heterocycles. The molecule has 0 unspecified atom stereocenters. The minimum atomic E-state index is -0.244. The standard InChI is InChI=1S/C13H18O/c1-4-11-6-5-7-12(8-11)9-13(2,3)10-14/h5-8,10H,4,9H2,1-3H3. The normalized spacial score (nSPS) is 11.4. The van der Waals surface area contributed by atoms with Crippen LogP contribution >= 0.6 is 0 Å². The van der Waals surface area contributed by atoms with Crippen molar-refractivity contribution in [1.82, 2.24) is 0 Å². The highest BCUT2D eigenvalue weighted by Crippen LogP contribution is 2.19. The molecule has 0 heterocycles. The summed E-state index contributed by atoms with van der Waals surface area (Å²) in [5.41, 5.74) is 2.34. The average molecular weight is 190 g/mol. The Hall–Kier alpha value is -1.11. The molecule has 1 aromatic rings. The van der Waals surface area contributed by atoms with Crippen molar-refractivity contribution in [3.63, 3.8) is 0 Å². The largest absolute Gasteiger partial charge is 0.303 e. The first kappa shape index (κ1) is 11.0. The zero-order chi connectivity index (χ0) is 10.6. The summed E-state index contributed by atoms with van der Waals surface area (Å²) in [6, 6.07) is 8.46. The van der Waals surface area contributed by atoms with Gasteiger partial charge in [-0.1, -0.05) is 45.0 Å². The van der Waals surface area contributed by atoms with Gasteiger partial charge in [-0.25, -0.2) is 0 Å². The average Bonchev–Trinajstić information content (AvgIpc) is 2.17. The van der Waals surface area contributed by atoms with Crippen molar-refractivity contribution in [3.05, 3.63) is 35.4 Å². The van der Waals surface area contributed by atoms with Crippen LogP contribution in [0.2, 0.25) is 0 Å². The lowest BCUT2D eigenvalue weighted by Crippen LogP contribution is -2.16. The Bertz CT molecular complexity index is 313. The minimum Gasteiger partial charge on any atom is -0.303 e. The summed E-state index contributed by atoms with van der Waals surface area (Å²) in [6.45, 7) is 6.08. The van der Waals surface area contributed by atoms with Gasteiger partial charge >= 0.3 is 0 Å². The van der Waals surface area contributed by atoms with Gasteiger partial charge in [0.1, 0.15) is 6.29 Å². The molecule has 1 aromatic carbocycles. The van der Waals surface area contributed by atoms with Crippen LogP contribution in [0.25, 0.3) is 0 Å². The molecule has 0 aliphatic carbocycles. The molecule has 14 heavy (non-hydrogen) atoms. The third kappa shape index (κ3) is 2.99. The quantitative estimate of drug-likeness (QED) is 0.667. The van der Waals surface area contributed by atoms with E-state index < -0.39 is 0 Å². The molecule has 0 amide bonds. The Kier molecular flexibility index (Phi) is 3.45. The predicted octanol–water partition coefficient (Wildman–Crippen LogP) is 3.02. The molecule has 1 nitrogen and oxygen atoms in total. The van der Waals surface area contributed by atoms with Crippen LogP contribution in [0.3, 0.4) is 0 Å². The van der Waals surface area contributed by atoms with Crippen molar-refractivity contribution in [2.45, 2.75) is 33.6 Å². The van der Waals surface area contributed by atoms with Crippen LogP contribution in [-0.2, 0) is 17.6 Å². The first-order valence-corrected chi connectivity index (χ1v) is 5.11. The van der Waals surface area contributed by atoms with E-state index in [1.165, 1.54) is 11.1 Å². The SMILES string of the molecule is CCc1cccc(CC(C)(C)C=O)c1. The van der Waals surface area contributed by atoms with E-state index in [1.54, 1.807) is 0 Å². The van der Waals surface area contributed by atoms with Crippen molar-refractivity contribution in [3.8, 4) is 0 Å². The fraction of sp³-hybridized carbons (Fsp3) is 0.462. The summed E-state index contributed by atoms with van der Waals surface area (Å²) in [5, 5.41) is 0. The maximum Gasteiger partial charge on any atom is 0.125 e. The molecule has 0 aliphatic heterocycles. The molecule has 0 N–H and O–H groups in total. The molecule has 0 aromatic heterocycles. The number of carbonyl (C=O) groups excluding carboxylic acids is 1. The fourth-order valence-electron chi connectivity index (χ4n) is 1.53. The smallest absolute Gasteiger partial charge is 0.125 e. The molecular formula is C13H18O. The fourth-order valence-corrected chi connectivity index (χ4v) is 1.53. The van der Waals surface area contributed by atoms with E-state index in [2.05, 4.69) is 31.2 Å². The second-order valence-electron chi connectivity index (χ2n) is 4.46. The number of aldehydes is 1. The van der Waals surface area contributed by atoms with E-state index in [0.29, 0.717) is 0 Å². The summed E-state index contributed by atoms with van der Waals surface area (Å²) in [7, 11) is 0. The van der Waals surface area contributed by atoms with Crippen molar-refractivity contribution in [1.29, 1.82) is 0 Å². The lowest BCUT2D eigenvalue weighted by Gasteiger charge is -2.16. The lowest BCUT2D eigenvalue weighted by atomic mass is 9.87. The molecule has 76 valence electrons. The van der Waals surface area contributed by atoms with Crippen molar-refractivity contribution in [2.24, 2.45) is 5.41 Å². The zero-order valence-corrected chi connectivity index (χ0v) is 9.21. The highest BCUT2D eigenvalue weighted by molar-refractivity contribution is 5.58. The van der Waals surface area contributed by atoms with E-state index >= 15 is 0 Å². The van der Waals surface area contributed by atoms with Crippen LogP contribution in [0.5, 0.6) is 0 Å². The number of carbonyl (C=O) groups is 1. The van der Waals surface area contributed by atoms with E-state index in [4.69, 9.17) is 0 Å². The third-order valence-corrected chi connectivity index (χ3v) is 2.38. The van der Waals surface area contributed by atoms with Gasteiger partial charge in [0.2, 0.25) is 0 Å². The van der Waals surface area contributed by atoms with Gasteiger partial charge in [0.15, 0.2) is 0 Å². The van der Waals surface area contributed by atoms with Gasteiger partial charge in [-0.3, -0.25) is 0 Å². The van der Waals surface area contributed by atoms with Gasteiger partial charge in [-0.2, -0.15) is 0 Å². The van der Waals surface area contributed by atoms with Gasteiger partial charge in [0.25, 0.3) is 0 Å². The van der Waals surface area contributed by atoms with Crippen molar-refractivity contribution in [2.75, 3.05) is 0 Å². The van der Waals surface area contributed by atoms with Gasteiger partial charge in [0.05, 0.1) is 0 Å². The molecule has 0 bridgehead atoms. The summed E-state index contributed by atoms with van der Waals surface area (Å²) in [4.78, 5) is 10.8. The molecule has 0 aliphatic rings. The van der Waals surface area contributed by atoms with E-state index in [-0.39, 0.29) is 5.41 Å². The molecule has 0 radical (unpaired) electrons. The molecule has 1 rings (SSSR count). The summed E-state index contributed by atoms with van der Waals surface area (Å²) >= 11 is 0. The Labute approximate surface area is 86.1 Å². The van der Waals surface area contributed by atoms with Gasteiger partial charge < -0.3 is 4.79 Å². The molecule has 0 atom stereocenters. The second kappa shape index (κ2) is 4.41. The van der Waals surface area contributed by atoms with Crippen LogP contribution in [0, 0.1) is 5.41 Å². The number of hydrogen-bond donors (Lipinski definition) is 0. The maximum absolute atomic E-state index is 10.8. The molecule has 0 fully saturated rings. The topological polar surface area (TPSA) is 17.1 Å². The number of aryl methyl sites for hydroxylation is 1. The monoisotopic (exact) mass is 190 g/mol. The number of hydrogen-bond acceptors (Lipinski definition) is 1. The second-order valence-corrected chi connectivity index (χ2v) is 4.46. The van der Waals surface area contributed by atoms with Crippen LogP contribution < -0.4 is 0 Å². The first-order chi connectivity index (χ1) is 6.57. The third-order valence-electron chi connectivity index (χ3n) is 2.38. The molecule has 1 heteroatoms. The molecule has 0 spiro atoms. The van der Waals surface area contributed by atoms with Crippen molar-refractivity contribution >= 4 is 6.29 Å². The Balaban J connectivity index is 2.81. The zero-order valence-electron chi connectivity index (χ0n) is 9.21. The summed E-state index contributed by atoms with van der Waals surface area (Å²) < 4.78 is 0. The number of rotatable bonds is 4. The lowest BCUT2D eigenvalue weighted by molar-refractivity contribution is -0.114. The van der Waals surface area contributed by atoms with E-state index in [0.717, 1.165) is 19.1 Å². The number of benzene rings is 1. The minimum absolute atomic E-state index is 0.244. The highest BCUT2D eigenvalue weighted by Gasteiger charge is 2.16. The van der Waals surface area contributed by atoms with E-state index in [9.17, 15) is 4.79 Å². The Morgan fingerprint density at radius 3 is 2.50 bits per heavy atom. The first-order valence-electron chi connectivity index (χ1n) is 5.11. The van der Waals surface area contributed by atoms with Crippen molar-refractivity contribution < 1.29 is 4.79 Å². The van der Waals surface area contributed by atoms with Crippen LogP contribution in [0.1, 0.15) is 31.9 Å². The molecule has 0 saturated carbocycles. The van der Waals surface area contributed by atoms with Gasteiger partial charge in [-0.15, -0.1) is 0 Å². The van der Waals surface area contributed by atoms with Crippen LogP contribution in [0.4, 0.5) is 0 Å². The van der Waals surface area contributed by atoms with Gasteiger partial charge in [0, 0.05) is 5.41 Å². The van der Waals surface area contributed by atoms with E-state index in [1.807, 2.05) is 13.8 Å². The Morgan fingerprint density at radius 2 is 1.93 bits per heavy atom. The predicted molar refractivity (Wildman–Crippen MR) is 59.4 cm³/mol. The molecular weight excluding hydrogens is 172 g/mol. The highest BCUT2D eigenvalue weighted by atomic mass is 16.1. The Morgan fingerprint density at radius 1 is 1.29 bits per heavy atom. The van der Waals surface area contributed by atoms with Crippen LogP contribution in [-0.4, -0.2) is 6.29 Å². The maximum atomic E-state index is 10.8. The van der Waals surface area contributed by atoms with Crippen LogP contribution in [0.15, 0.2) is 24.3 Å². The summed E-state index contributed by atoms with van der Waals surface area (Å²) in [5.74, 6) is 0. The van der Waals surface area contributed by atoms with Gasteiger partial charge in [-0.05, 0) is 24.0 Å². The summed E-state index contributed by atoms with van der Waals surface area (Å²) in [6.07, 6.45) is 2.91.